The second-order valence-electron chi connectivity index (χ2n) is 5.82. The van der Waals surface area contributed by atoms with Crippen molar-refractivity contribution in [2.24, 2.45) is 0 Å². The molecule has 2 heterocycles. The van der Waals surface area contributed by atoms with Crippen molar-refractivity contribution >= 4 is 29.1 Å². The van der Waals surface area contributed by atoms with Crippen molar-refractivity contribution in [2.75, 3.05) is 26.8 Å². The van der Waals surface area contributed by atoms with E-state index in [0.717, 1.165) is 22.0 Å². The van der Waals surface area contributed by atoms with Gasteiger partial charge in [0.05, 0.1) is 27.0 Å². The number of nitrogens with zero attached hydrogens (tertiary/aromatic N) is 3. The molecule has 9 heteroatoms. The topological polar surface area (TPSA) is 70.4 Å². The van der Waals surface area contributed by atoms with Gasteiger partial charge in [-0.1, -0.05) is 35.5 Å². The van der Waals surface area contributed by atoms with Crippen molar-refractivity contribution in [3.63, 3.8) is 0 Å². The van der Waals surface area contributed by atoms with Gasteiger partial charge in [-0.2, -0.15) is 0 Å². The normalized spacial score (nSPS) is 12.6. The van der Waals surface area contributed by atoms with Gasteiger partial charge >= 0.3 is 0 Å². The van der Waals surface area contributed by atoms with Crippen LogP contribution in [0.3, 0.4) is 0 Å². The summed E-state index contributed by atoms with van der Waals surface area (Å²) in [6, 6.07) is 11.3. The number of halogens is 1. The van der Waals surface area contributed by atoms with Gasteiger partial charge in [-0.15, -0.1) is 10.2 Å². The Kier molecular flexibility index (Phi) is 5.06. The van der Waals surface area contributed by atoms with E-state index in [9.17, 15) is 0 Å². The van der Waals surface area contributed by atoms with Crippen molar-refractivity contribution in [2.45, 2.75) is 5.16 Å². The lowest BCUT2D eigenvalue weighted by molar-refractivity contribution is 0.324. The molecule has 1 aliphatic rings. The molecule has 0 fully saturated rings. The largest absolute Gasteiger partial charge is 0.493 e. The lowest BCUT2D eigenvalue weighted by Crippen LogP contribution is -2.18. The van der Waals surface area contributed by atoms with Crippen molar-refractivity contribution < 1.29 is 14.2 Å². The third-order valence-corrected chi connectivity index (χ3v) is 5.31. The summed E-state index contributed by atoms with van der Waals surface area (Å²) in [6.07, 6.45) is 0. The smallest absolute Gasteiger partial charge is 0.214 e. The first-order chi connectivity index (χ1) is 13.6. The average Bonchev–Trinajstić information content (AvgIpc) is 3.16. The zero-order valence-corrected chi connectivity index (χ0v) is 17.0. The Labute approximate surface area is 171 Å². The van der Waals surface area contributed by atoms with Crippen LogP contribution in [0, 0.1) is 0 Å². The fourth-order valence-electron chi connectivity index (χ4n) is 2.86. The number of thioether (sulfide) groups is 1. The molecule has 28 heavy (non-hydrogen) atoms. The first-order valence-corrected chi connectivity index (χ1v) is 9.56. The Hall–Kier alpha value is -2.84. The van der Waals surface area contributed by atoms with E-state index in [4.69, 9.17) is 25.8 Å². The Morgan fingerprint density at radius 1 is 0.929 bits per heavy atom. The van der Waals surface area contributed by atoms with Crippen molar-refractivity contribution in [3.8, 4) is 28.6 Å². The van der Waals surface area contributed by atoms with E-state index in [2.05, 4.69) is 15.6 Å². The summed E-state index contributed by atoms with van der Waals surface area (Å²) in [5.41, 5.74) is 6.06. The summed E-state index contributed by atoms with van der Waals surface area (Å²) in [4.78, 5) is 0. The molecule has 1 N–H and O–H groups in total. The Morgan fingerprint density at radius 2 is 1.61 bits per heavy atom. The summed E-state index contributed by atoms with van der Waals surface area (Å²) >= 11 is 7.48. The summed E-state index contributed by atoms with van der Waals surface area (Å²) in [5, 5.41) is 12.0. The molecule has 0 aliphatic carbocycles. The maximum Gasteiger partial charge on any atom is 0.214 e. The number of aromatic nitrogens is 3. The first-order valence-electron chi connectivity index (χ1n) is 8.30. The molecular formula is C19H17ClN4O3S. The van der Waals surface area contributed by atoms with Gasteiger partial charge in [0.2, 0.25) is 10.9 Å². The minimum Gasteiger partial charge on any atom is -0.493 e. The molecule has 0 amide bonds. The average molecular weight is 417 g/mol. The highest BCUT2D eigenvalue weighted by Crippen LogP contribution is 2.41. The van der Waals surface area contributed by atoms with Crippen LogP contribution in [0.5, 0.6) is 17.2 Å². The molecular weight excluding hydrogens is 400 g/mol. The van der Waals surface area contributed by atoms with E-state index in [1.807, 2.05) is 46.5 Å². The zero-order valence-electron chi connectivity index (χ0n) is 15.4. The zero-order chi connectivity index (χ0) is 19.7. The van der Waals surface area contributed by atoms with Crippen LogP contribution < -0.4 is 19.6 Å². The molecule has 0 saturated carbocycles. The SMILES string of the molecule is COc1cc(-c2nnc3n2NC(c2ccc(Cl)cc2)=CS3)cc(OC)c1OC. The third-order valence-electron chi connectivity index (χ3n) is 4.23. The summed E-state index contributed by atoms with van der Waals surface area (Å²) < 4.78 is 18.1. The van der Waals surface area contributed by atoms with E-state index in [1.165, 1.54) is 11.8 Å². The van der Waals surface area contributed by atoms with Crippen LogP contribution in [-0.4, -0.2) is 36.2 Å². The Morgan fingerprint density at radius 3 is 2.21 bits per heavy atom. The van der Waals surface area contributed by atoms with Crippen LogP contribution in [-0.2, 0) is 0 Å². The van der Waals surface area contributed by atoms with E-state index in [1.54, 1.807) is 21.3 Å². The molecule has 0 spiro atoms. The van der Waals surface area contributed by atoms with E-state index in [0.29, 0.717) is 28.1 Å². The van der Waals surface area contributed by atoms with Gasteiger partial charge in [-0.05, 0) is 24.3 Å². The predicted octanol–water partition coefficient (Wildman–Crippen LogP) is 4.27. The number of nitrogens with one attached hydrogen (secondary N) is 1. The molecule has 0 radical (unpaired) electrons. The number of hydrogen-bond acceptors (Lipinski definition) is 7. The lowest BCUT2D eigenvalue weighted by Gasteiger charge is -2.20. The fraction of sp³-hybridized carbons (Fsp3) is 0.158. The minimum absolute atomic E-state index is 0.524. The highest BCUT2D eigenvalue weighted by Gasteiger charge is 2.22. The molecule has 3 aromatic rings. The van der Waals surface area contributed by atoms with Gasteiger partial charge < -0.3 is 14.2 Å². The van der Waals surface area contributed by atoms with Gasteiger partial charge in [0.1, 0.15) is 0 Å². The van der Waals surface area contributed by atoms with Gasteiger partial charge in [-0.3, -0.25) is 5.43 Å². The number of benzene rings is 2. The van der Waals surface area contributed by atoms with Crippen molar-refractivity contribution in [1.29, 1.82) is 0 Å². The molecule has 1 aliphatic heterocycles. The van der Waals surface area contributed by atoms with Crippen molar-refractivity contribution in [3.05, 3.63) is 52.4 Å². The number of hydrogen-bond donors (Lipinski definition) is 1. The highest BCUT2D eigenvalue weighted by molar-refractivity contribution is 8.02. The molecule has 0 saturated heterocycles. The summed E-state index contributed by atoms with van der Waals surface area (Å²) in [6.45, 7) is 0. The second kappa shape index (κ2) is 7.65. The van der Waals surface area contributed by atoms with Crippen molar-refractivity contribution in [1.82, 2.24) is 14.9 Å². The number of fused-ring (bicyclic) bond motifs is 1. The quantitative estimate of drug-likeness (QED) is 0.665. The van der Waals surface area contributed by atoms with Gasteiger partial charge in [0.15, 0.2) is 17.3 Å². The maximum atomic E-state index is 6.00. The number of methoxy groups -OCH3 is 3. The van der Waals surface area contributed by atoms with Crippen LogP contribution >= 0.6 is 23.4 Å². The van der Waals surface area contributed by atoms with E-state index >= 15 is 0 Å². The van der Waals surface area contributed by atoms with Gasteiger partial charge in [-0.25, -0.2) is 4.68 Å². The summed E-state index contributed by atoms with van der Waals surface area (Å²) in [7, 11) is 4.73. The van der Waals surface area contributed by atoms with E-state index in [-0.39, 0.29) is 0 Å². The van der Waals surface area contributed by atoms with Crippen LogP contribution in [0.15, 0.2) is 47.0 Å². The van der Waals surface area contributed by atoms with Gasteiger partial charge in [0, 0.05) is 21.6 Å². The number of ether oxygens (including phenoxy) is 3. The maximum absolute atomic E-state index is 6.00. The van der Waals surface area contributed by atoms with E-state index < -0.39 is 0 Å². The Bertz CT molecular complexity index is 1020. The first kappa shape index (κ1) is 18.5. The molecule has 7 nitrogen and oxygen atoms in total. The predicted molar refractivity (Wildman–Crippen MR) is 110 cm³/mol. The van der Waals surface area contributed by atoms with Gasteiger partial charge in [0.25, 0.3) is 0 Å². The molecule has 0 atom stereocenters. The highest BCUT2D eigenvalue weighted by atomic mass is 35.5. The number of rotatable bonds is 5. The van der Waals surface area contributed by atoms with Crippen LogP contribution in [0.4, 0.5) is 0 Å². The monoisotopic (exact) mass is 416 g/mol. The second-order valence-corrected chi connectivity index (χ2v) is 7.10. The standard InChI is InChI=1S/C19H17ClN4O3S/c1-25-15-8-12(9-16(26-2)17(15)27-3)18-21-22-19-24(18)23-14(10-28-19)11-4-6-13(20)7-5-11/h4-10,23H,1-3H3. The molecule has 0 bridgehead atoms. The van der Waals surface area contributed by atoms with Crippen LogP contribution in [0.25, 0.3) is 17.1 Å². The molecule has 1 aromatic heterocycles. The Balaban J connectivity index is 1.74. The lowest BCUT2D eigenvalue weighted by atomic mass is 10.1. The fourth-order valence-corrected chi connectivity index (χ4v) is 3.73. The summed E-state index contributed by atoms with van der Waals surface area (Å²) in [5.74, 6) is 2.25. The molecule has 2 aromatic carbocycles. The molecule has 144 valence electrons. The molecule has 0 unspecified atom stereocenters. The van der Waals surface area contributed by atoms with Crippen LogP contribution in [0.1, 0.15) is 5.56 Å². The molecule has 4 rings (SSSR count). The minimum atomic E-state index is 0.524. The van der Waals surface area contributed by atoms with Crippen LogP contribution in [0.2, 0.25) is 5.02 Å². The third kappa shape index (κ3) is 3.25.